The molecular formula is C21H27NO4S2. The first-order valence-electron chi connectivity index (χ1n) is 9.57. The number of sulfone groups is 1. The molecule has 2 aromatic carbocycles. The van der Waals surface area contributed by atoms with Gasteiger partial charge in [-0.15, -0.1) is 0 Å². The zero-order valence-corrected chi connectivity index (χ0v) is 17.9. The number of nitrogens with zero attached hydrogens (tertiary/aromatic N) is 1. The van der Waals surface area contributed by atoms with E-state index in [1.165, 1.54) is 4.31 Å². The fourth-order valence-electron chi connectivity index (χ4n) is 3.65. The summed E-state index contributed by atoms with van der Waals surface area (Å²) in [6, 6.07) is 16.6. The predicted molar refractivity (Wildman–Crippen MR) is 112 cm³/mol. The molecule has 152 valence electrons. The van der Waals surface area contributed by atoms with Crippen LogP contribution in [-0.4, -0.2) is 45.2 Å². The first kappa shape index (κ1) is 21.0. The third-order valence-electron chi connectivity index (χ3n) is 5.05. The second kappa shape index (κ2) is 8.35. The van der Waals surface area contributed by atoms with Crippen LogP contribution in [0.25, 0.3) is 11.1 Å². The second-order valence-corrected chi connectivity index (χ2v) is 12.0. The van der Waals surface area contributed by atoms with Crippen LogP contribution in [0.1, 0.15) is 26.7 Å². The normalized spacial score (nSPS) is 17.1. The van der Waals surface area contributed by atoms with Crippen LogP contribution in [0.3, 0.4) is 0 Å². The van der Waals surface area contributed by atoms with Crippen molar-refractivity contribution in [3.63, 3.8) is 0 Å². The van der Waals surface area contributed by atoms with Crippen LogP contribution in [0.2, 0.25) is 0 Å². The highest BCUT2D eigenvalue weighted by Gasteiger charge is 2.35. The van der Waals surface area contributed by atoms with Gasteiger partial charge >= 0.3 is 0 Å². The molecule has 1 aliphatic heterocycles. The molecule has 1 heterocycles. The molecule has 2 aromatic rings. The van der Waals surface area contributed by atoms with E-state index >= 15 is 0 Å². The first-order chi connectivity index (χ1) is 13.2. The molecule has 0 spiro atoms. The van der Waals surface area contributed by atoms with Crippen LogP contribution in [0.4, 0.5) is 0 Å². The van der Waals surface area contributed by atoms with Gasteiger partial charge in [0.05, 0.1) is 15.9 Å². The summed E-state index contributed by atoms with van der Waals surface area (Å²) >= 11 is 0. The third-order valence-corrected chi connectivity index (χ3v) is 9.57. The van der Waals surface area contributed by atoms with E-state index in [0.29, 0.717) is 12.8 Å². The average molecular weight is 422 g/mol. The Morgan fingerprint density at radius 2 is 1.50 bits per heavy atom. The molecule has 0 atom stereocenters. The molecule has 5 nitrogen and oxygen atoms in total. The number of hydrogen-bond donors (Lipinski definition) is 0. The van der Waals surface area contributed by atoms with Gasteiger partial charge in [-0.05, 0) is 42.0 Å². The number of benzene rings is 2. The molecule has 0 bridgehead atoms. The van der Waals surface area contributed by atoms with Crippen molar-refractivity contribution in [2.75, 3.05) is 18.8 Å². The highest BCUT2D eigenvalue weighted by atomic mass is 32.2. The summed E-state index contributed by atoms with van der Waals surface area (Å²) in [5, 5.41) is -0.447. The van der Waals surface area contributed by atoms with Gasteiger partial charge in [0.15, 0.2) is 9.84 Å². The van der Waals surface area contributed by atoms with Crippen molar-refractivity contribution in [3.8, 4) is 11.1 Å². The molecule has 0 saturated carbocycles. The predicted octanol–water partition coefficient (Wildman–Crippen LogP) is 3.58. The maximum absolute atomic E-state index is 13.1. The second-order valence-electron chi connectivity index (χ2n) is 7.72. The monoisotopic (exact) mass is 421 g/mol. The number of piperidine rings is 1. The van der Waals surface area contributed by atoms with Gasteiger partial charge in [0.1, 0.15) is 0 Å². The van der Waals surface area contributed by atoms with Crippen molar-refractivity contribution < 1.29 is 16.8 Å². The number of sulfonamides is 1. The maximum atomic E-state index is 13.1. The molecule has 0 aliphatic carbocycles. The quantitative estimate of drug-likeness (QED) is 0.715. The van der Waals surface area contributed by atoms with Gasteiger partial charge in [-0.1, -0.05) is 56.3 Å². The molecule has 0 amide bonds. The maximum Gasteiger partial charge on any atom is 0.243 e. The van der Waals surface area contributed by atoms with Crippen molar-refractivity contribution in [3.05, 3.63) is 54.6 Å². The van der Waals surface area contributed by atoms with E-state index in [1.807, 2.05) is 50.2 Å². The lowest BCUT2D eigenvalue weighted by molar-refractivity contribution is 0.345. The lowest BCUT2D eigenvalue weighted by Gasteiger charge is -2.31. The van der Waals surface area contributed by atoms with E-state index < -0.39 is 25.1 Å². The smallest absolute Gasteiger partial charge is 0.229 e. The SMILES string of the molecule is CC(C)CS(=O)(=O)C1CCN(S(=O)(=O)c2cccc(-c3ccccc3)c2)CC1. The fourth-order valence-corrected chi connectivity index (χ4v) is 7.29. The molecule has 0 N–H and O–H groups in total. The van der Waals surface area contributed by atoms with Gasteiger partial charge in [0.25, 0.3) is 0 Å². The Balaban J connectivity index is 1.76. The highest BCUT2D eigenvalue weighted by Crippen LogP contribution is 2.28. The van der Waals surface area contributed by atoms with Gasteiger partial charge < -0.3 is 0 Å². The van der Waals surface area contributed by atoms with Crippen LogP contribution in [0, 0.1) is 5.92 Å². The van der Waals surface area contributed by atoms with Crippen molar-refractivity contribution >= 4 is 19.9 Å². The van der Waals surface area contributed by atoms with Gasteiger partial charge in [0.2, 0.25) is 10.0 Å². The van der Waals surface area contributed by atoms with Crippen molar-refractivity contribution in [2.45, 2.75) is 36.8 Å². The van der Waals surface area contributed by atoms with Gasteiger partial charge in [0, 0.05) is 13.1 Å². The minimum absolute atomic E-state index is 0.0764. The zero-order valence-electron chi connectivity index (χ0n) is 16.3. The van der Waals surface area contributed by atoms with Gasteiger partial charge in [-0.2, -0.15) is 4.31 Å². The minimum Gasteiger partial charge on any atom is -0.229 e. The molecule has 7 heteroatoms. The minimum atomic E-state index is -3.65. The number of rotatable bonds is 6. The van der Waals surface area contributed by atoms with E-state index in [4.69, 9.17) is 0 Å². The summed E-state index contributed by atoms with van der Waals surface area (Å²) < 4.78 is 52.5. The van der Waals surface area contributed by atoms with Gasteiger partial charge in [-0.3, -0.25) is 0 Å². The molecule has 28 heavy (non-hydrogen) atoms. The highest BCUT2D eigenvalue weighted by molar-refractivity contribution is 7.92. The van der Waals surface area contributed by atoms with Crippen LogP contribution in [-0.2, 0) is 19.9 Å². The van der Waals surface area contributed by atoms with E-state index in [0.717, 1.165) is 11.1 Å². The van der Waals surface area contributed by atoms with Crippen molar-refractivity contribution in [1.29, 1.82) is 0 Å². The Kier molecular flexibility index (Phi) is 6.27. The summed E-state index contributed by atoms with van der Waals surface area (Å²) in [5.74, 6) is 0.233. The standard InChI is InChI=1S/C21H27NO4S2/c1-17(2)16-27(23,24)20-11-13-22(14-12-20)28(25,26)21-10-6-9-19(15-21)18-7-4-3-5-8-18/h3-10,15,17,20H,11-14,16H2,1-2H3. The summed E-state index contributed by atoms with van der Waals surface area (Å²) in [6.07, 6.45) is 0.708. The first-order valence-corrected chi connectivity index (χ1v) is 12.7. The molecule has 0 aromatic heterocycles. The summed E-state index contributed by atoms with van der Waals surface area (Å²) in [5.41, 5.74) is 1.80. The molecule has 1 saturated heterocycles. The molecule has 1 aliphatic rings. The lowest BCUT2D eigenvalue weighted by atomic mass is 10.1. The Labute approximate surface area is 168 Å². The number of hydrogen-bond acceptors (Lipinski definition) is 4. The molecule has 3 rings (SSSR count). The van der Waals surface area contributed by atoms with E-state index in [9.17, 15) is 16.8 Å². The molecule has 0 radical (unpaired) electrons. The van der Waals surface area contributed by atoms with E-state index in [2.05, 4.69) is 0 Å². The van der Waals surface area contributed by atoms with Crippen LogP contribution in [0.15, 0.2) is 59.5 Å². The average Bonchev–Trinajstić information content (AvgIpc) is 2.68. The zero-order chi connectivity index (χ0) is 20.4. The molecule has 0 unspecified atom stereocenters. The van der Waals surface area contributed by atoms with Crippen molar-refractivity contribution in [1.82, 2.24) is 4.31 Å². The summed E-state index contributed by atoms with van der Waals surface area (Å²) in [7, 11) is -6.83. The molecule has 1 fully saturated rings. The Morgan fingerprint density at radius 3 is 2.11 bits per heavy atom. The van der Waals surface area contributed by atoms with Crippen LogP contribution < -0.4 is 0 Å². The Bertz CT molecular complexity index is 1010. The topological polar surface area (TPSA) is 71.5 Å². The Hall–Kier alpha value is -1.70. The van der Waals surface area contributed by atoms with Crippen molar-refractivity contribution in [2.24, 2.45) is 5.92 Å². The fraction of sp³-hybridized carbons (Fsp3) is 0.429. The Morgan fingerprint density at radius 1 is 0.893 bits per heavy atom. The summed E-state index contributed by atoms with van der Waals surface area (Å²) in [6.45, 7) is 4.24. The summed E-state index contributed by atoms with van der Waals surface area (Å²) in [4.78, 5) is 0.248. The lowest BCUT2D eigenvalue weighted by Crippen LogP contribution is -2.43. The third kappa shape index (κ3) is 4.64. The van der Waals surface area contributed by atoms with Crippen LogP contribution >= 0.6 is 0 Å². The largest absolute Gasteiger partial charge is 0.243 e. The van der Waals surface area contributed by atoms with E-state index in [1.54, 1.807) is 18.2 Å². The molecular weight excluding hydrogens is 394 g/mol. The van der Waals surface area contributed by atoms with Gasteiger partial charge in [-0.25, -0.2) is 16.8 Å². The van der Waals surface area contributed by atoms with E-state index in [-0.39, 0.29) is 29.7 Å². The van der Waals surface area contributed by atoms with Crippen LogP contribution in [0.5, 0.6) is 0 Å².